The van der Waals surface area contributed by atoms with Gasteiger partial charge in [-0.15, -0.1) is 0 Å². The molecule has 2 aromatic carbocycles. The number of hydrogen-bond acceptors (Lipinski definition) is 5. The summed E-state index contributed by atoms with van der Waals surface area (Å²) < 4.78 is 26.6. The van der Waals surface area contributed by atoms with Gasteiger partial charge in [0.2, 0.25) is 10.0 Å². The summed E-state index contributed by atoms with van der Waals surface area (Å²) in [5.41, 5.74) is 2.58. The van der Waals surface area contributed by atoms with Crippen LogP contribution < -0.4 is 4.72 Å². The Morgan fingerprint density at radius 2 is 1.49 bits per heavy atom. The quantitative estimate of drug-likeness (QED) is 0.342. The van der Waals surface area contributed by atoms with Crippen LogP contribution in [0.3, 0.4) is 0 Å². The van der Waals surface area contributed by atoms with Crippen LogP contribution in [0.25, 0.3) is 0 Å². The number of unbranched alkanes of at least 4 members (excludes halogenated alkanes) is 4. The van der Waals surface area contributed by atoms with Crippen LogP contribution in [0.2, 0.25) is 5.02 Å². The van der Waals surface area contributed by atoms with E-state index >= 15 is 0 Å². The second kappa shape index (κ2) is 14.9. The fourth-order valence-corrected chi connectivity index (χ4v) is 5.97. The highest BCUT2D eigenvalue weighted by molar-refractivity contribution is 7.89. The lowest BCUT2D eigenvalue weighted by atomic mass is 9.96. The van der Waals surface area contributed by atoms with Crippen LogP contribution in [0.1, 0.15) is 55.7 Å². The topological polar surface area (TPSA) is 72.9 Å². The number of halogens is 1. The number of aliphatic hydroxyl groups is 1. The van der Waals surface area contributed by atoms with Gasteiger partial charge in [-0.1, -0.05) is 66.9 Å². The van der Waals surface area contributed by atoms with E-state index in [2.05, 4.69) is 57.0 Å². The molecule has 35 heavy (non-hydrogen) atoms. The van der Waals surface area contributed by atoms with Crippen molar-refractivity contribution in [1.82, 2.24) is 14.5 Å². The predicted molar refractivity (Wildman–Crippen MR) is 144 cm³/mol. The van der Waals surface area contributed by atoms with E-state index in [1.807, 2.05) is 12.1 Å². The molecule has 6 nitrogen and oxygen atoms in total. The van der Waals surface area contributed by atoms with Crippen molar-refractivity contribution < 1.29 is 13.5 Å². The van der Waals surface area contributed by atoms with E-state index in [-0.39, 0.29) is 18.4 Å². The Morgan fingerprint density at radius 3 is 2.17 bits per heavy atom. The van der Waals surface area contributed by atoms with Crippen molar-refractivity contribution in [3.63, 3.8) is 0 Å². The number of nitrogens with one attached hydrogen (secondary N) is 1. The maximum Gasteiger partial charge on any atom is 0.211 e. The Kier molecular flexibility index (Phi) is 12.0. The summed E-state index contributed by atoms with van der Waals surface area (Å²) in [6.45, 7) is 5.71. The second-order valence-electron chi connectivity index (χ2n) is 9.30. The molecular formula is C27H40ClN3O3S. The number of hydrogen-bond donors (Lipinski definition) is 2. The molecule has 2 N–H and O–H groups in total. The van der Waals surface area contributed by atoms with E-state index < -0.39 is 10.0 Å². The summed E-state index contributed by atoms with van der Waals surface area (Å²) in [7, 11) is -3.19. The largest absolute Gasteiger partial charge is 0.396 e. The molecule has 1 unspecified atom stereocenters. The second-order valence-corrected chi connectivity index (χ2v) is 11.7. The smallest absolute Gasteiger partial charge is 0.211 e. The van der Waals surface area contributed by atoms with Gasteiger partial charge in [-0.25, -0.2) is 13.1 Å². The highest BCUT2D eigenvalue weighted by Crippen LogP contribution is 2.30. The average Bonchev–Trinajstić information content (AvgIpc) is 2.87. The summed E-state index contributed by atoms with van der Waals surface area (Å²) in [6.07, 6.45) is 5.09. The molecule has 0 aromatic heterocycles. The van der Waals surface area contributed by atoms with Crippen molar-refractivity contribution in [2.75, 3.05) is 51.6 Å². The Morgan fingerprint density at radius 1 is 0.829 bits per heavy atom. The first-order valence-corrected chi connectivity index (χ1v) is 14.9. The molecule has 8 heteroatoms. The van der Waals surface area contributed by atoms with E-state index in [1.165, 1.54) is 11.1 Å². The van der Waals surface area contributed by atoms with Crippen LogP contribution in [0.15, 0.2) is 54.6 Å². The van der Waals surface area contributed by atoms with Gasteiger partial charge >= 0.3 is 0 Å². The fourth-order valence-electron chi connectivity index (χ4n) is 4.66. The Labute approximate surface area is 216 Å². The van der Waals surface area contributed by atoms with Crippen molar-refractivity contribution in [1.29, 1.82) is 0 Å². The van der Waals surface area contributed by atoms with E-state index in [1.54, 1.807) is 0 Å². The van der Waals surface area contributed by atoms with Crippen LogP contribution >= 0.6 is 11.6 Å². The zero-order valence-corrected chi connectivity index (χ0v) is 22.2. The van der Waals surface area contributed by atoms with Gasteiger partial charge in [0.05, 0.1) is 11.8 Å². The summed E-state index contributed by atoms with van der Waals surface area (Å²) in [5, 5.41) is 9.53. The van der Waals surface area contributed by atoms with E-state index in [4.69, 9.17) is 16.7 Å². The fraction of sp³-hybridized carbons (Fsp3) is 0.556. The summed E-state index contributed by atoms with van der Waals surface area (Å²) >= 11 is 6.14. The van der Waals surface area contributed by atoms with Gasteiger partial charge in [-0.2, -0.15) is 0 Å². The lowest BCUT2D eigenvalue weighted by Crippen LogP contribution is -2.48. The molecule has 1 heterocycles. The van der Waals surface area contributed by atoms with Crippen molar-refractivity contribution in [2.24, 2.45) is 0 Å². The molecule has 194 valence electrons. The molecule has 1 atom stereocenters. The van der Waals surface area contributed by atoms with Gasteiger partial charge in [0, 0.05) is 44.4 Å². The number of piperazine rings is 1. The summed E-state index contributed by atoms with van der Waals surface area (Å²) in [4.78, 5) is 5.09. The van der Waals surface area contributed by atoms with Gasteiger partial charge < -0.3 is 10.0 Å². The normalized spacial score (nSPS) is 16.4. The zero-order valence-electron chi connectivity index (χ0n) is 20.6. The van der Waals surface area contributed by atoms with Gasteiger partial charge in [0.1, 0.15) is 0 Å². The molecule has 0 amide bonds. The van der Waals surface area contributed by atoms with Crippen molar-refractivity contribution in [3.8, 4) is 0 Å². The SMILES string of the molecule is O=S(=O)(CCCCCCN1CCN(C(c2ccccc2)c2ccc(Cl)cc2)CC1)NCCCCO. The number of sulfonamides is 1. The Bertz CT molecular complexity index is 949. The Hall–Kier alpha value is -1.48. The standard InChI is InChI=1S/C27H40ClN3O3S/c28-26-14-12-25(13-15-26)27(24-10-4-3-5-11-24)31-20-18-30(19-21-31)17-7-1-2-9-23-35(33,34)29-16-6-8-22-32/h3-5,10-15,27,29,32H,1-2,6-9,16-23H2. The monoisotopic (exact) mass is 521 g/mol. The first kappa shape index (κ1) is 28.1. The molecule has 3 rings (SSSR count). The molecule has 0 aliphatic carbocycles. The van der Waals surface area contributed by atoms with Crippen LogP contribution in [-0.2, 0) is 10.0 Å². The molecule has 0 bridgehead atoms. The molecule has 1 aliphatic heterocycles. The molecule has 0 saturated carbocycles. The Balaban J connectivity index is 1.38. The maximum absolute atomic E-state index is 12.0. The molecule has 1 saturated heterocycles. The van der Waals surface area contributed by atoms with Gasteiger partial charge in [-0.05, 0) is 55.5 Å². The molecular weight excluding hydrogens is 482 g/mol. The predicted octanol–water partition coefficient (Wildman–Crippen LogP) is 4.30. The van der Waals surface area contributed by atoms with Crippen LogP contribution in [0, 0.1) is 0 Å². The maximum atomic E-state index is 12.0. The summed E-state index contributed by atoms with van der Waals surface area (Å²) in [6, 6.07) is 19.1. The molecule has 0 radical (unpaired) electrons. The number of aliphatic hydroxyl groups excluding tert-OH is 1. The van der Waals surface area contributed by atoms with Crippen LogP contribution in [0.4, 0.5) is 0 Å². The third-order valence-electron chi connectivity index (χ3n) is 6.62. The first-order valence-electron chi connectivity index (χ1n) is 12.8. The number of rotatable bonds is 15. The molecule has 2 aromatic rings. The van der Waals surface area contributed by atoms with E-state index in [0.717, 1.165) is 57.0 Å². The average molecular weight is 522 g/mol. The van der Waals surface area contributed by atoms with Gasteiger partial charge in [-0.3, -0.25) is 4.90 Å². The lowest BCUT2D eigenvalue weighted by molar-refractivity contribution is 0.108. The lowest BCUT2D eigenvalue weighted by Gasteiger charge is -2.40. The summed E-state index contributed by atoms with van der Waals surface area (Å²) in [5.74, 6) is 0.191. The highest BCUT2D eigenvalue weighted by Gasteiger charge is 2.26. The third-order valence-corrected chi connectivity index (χ3v) is 8.34. The minimum Gasteiger partial charge on any atom is -0.396 e. The van der Waals surface area contributed by atoms with Gasteiger partial charge in [0.15, 0.2) is 0 Å². The highest BCUT2D eigenvalue weighted by atomic mass is 35.5. The number of benzene rings is 2. The third kappa shape index (κ3) is 9.83. The van der Waals surface area contributed by atoms with Crippen molar-refractivity contribution >= 4 is 21.6 Å². The minimum absolute atomic E-state index is 0.104. The van der Waals surface area contributed by atoms with E-state index in [0.29, 0.717) is 25.8 Å². The first-order chi connectivity index (χ1) is 17.0. The van der Waals surface area contributed by atoms with Crippen molar-refractivity contribution in [2.45, 2.75) is 44.6 Å². The van der Waals surface area contributed by atoms with Gasteiger partial charge in [0.25, 0.3) is 0 Å². The minimum atomic E-state index is -3.19. The zero-order chi connectivity index (χ0) is 24.9. The molecule has 1 aliphatic rings. The van der Waals surface area contributed by atoms with Crippen molar-refractivity contribution in [3.05, 3.63) is 70.7 Å². The molecule has 0 spiro atoms. The van der Waals surface area contributed by atoms with E-state index in [9.17, 15) is 8.42 Å². The van der Waals surface area contributed by atoms with Crippen LogP contribution in [-0.4, -0.2) is 75.0 Å². The van der Waals surface area contributed by atoms with Crippen LogP contribution in [0.5, 0.6) is 0 Å². The molecule has 1 fully saturated rings. The number of nitrogens with zero attached hydrogens (tertiary/aromatic N) is 2.